The van der Waals surface area contributed by atoms with E-state index >= 15 is 0 Å². The van der Waals surface area contributed by atoms with Gasteiger partial charge >= 0.3 is 0 Å². The Balaban J connectivity index is 3.30. The molecule has 0 heterocycles. The summed E-state index contributed by atoms with van der Waals surface area (Å²) in [5.74, 6) is -0.466. The van der Waals surface area contributed by atoms with Crippen LogP contribution in [0.2, 0.25) is 0 Å². The summed E-state index contributed by atoms with van der Waals surface area (Å²) in [6, 6.07) is 5.47. The fourth-order valence-corrected chi connectivity index (χ4v) is 1.36. The topological polar surface area (TPSA) is 23.8 Å². The predicted octanol–water partition coefficient (Wildman–Crippen LogP) is 3.07. The fourth-order valence-electron chi connectivity index (χ4n) is 1.36. The van der Waals surface area contributed by atoms with Crippen molar-refractivity contribution in [2.24, 2.45) is 0 Å². The standard InChI is InChI=1S/C11H12FN/c1-7-4-10(8(2)6-13)9(3)11(12)5-7/h4-5,8H,1-3H3. The Labute approximate surface area is 77.8 Å². The van der Waals surface area contributed by atoms with Gasteiger partial charge in [0.15, 0.2) is 0 Å². The summed E-state index contributed by atoms with van der Waals surface area (Å²) in [7, 11) is 0. The van der Waals surface area contributed by atoms with Crippen LogP contribution in [-0.4, -0.2) is 0 Å². The van der Waals surface area contributed by atoms with Gasteiger partial charge in [0.2, 0.25) is 0 Å². The first-order chi connectivity index (χ1) is 6.06. The van der Waals surface area contributed by atoms with E-state index in [0.717, 1.165) is 11.1 Å². The van der Waals surface area contributed by atoms with Crippen molar-refractivity contribution < 1.29 is 4.39 Å². The van der Waals surface area contributed by atoms with Gasteiger partial charge in [-0.15, -0.1) is 0 Å². The van der Waals surface area contributed by atoms with E-state index in [4.69, 9.17) is 5.26 Å². The van der Waals surface area contributed by atoms with Crippen molar-refractivity contribution in [3.63, 3.8) is 0 Å². The zero-order valence-electron chi connectivity index (χ0n) is 8.06. The lowest BCUT2D eigenvalue weighted by Crippen LogP contribution is -1.97. The zero-order valence-corrected chi connectivity index (χ0v) is 8.06. The van der Waals surface area contributed by atoms with Gasteiger partial charge in [-0.05, 0) is 43.5 Å². The Hall–Kier alpha value is -1.36. The van der Waals surface area contributed by atoms with Gasteiger partial charge in [-0.3, -0.25) is 0 Å². The highest BCUT2D eigenvalue weighted by molar-refractivity contribution is 5.36. The van der Waals surface area contributed by atoms with Crippen LogP contribution in [0.4, 0.5) is 4.39 Å². The van der Waals surface area contributed by atoms with E-state index in [-0.39, 0.29) is 11.7 Å². The highest BCUT2D eigenvalue weighted by Crippen LogP contribution is 2.22. The number of aryl methyl sites for hydroxylation is 1. The minimum atomic E-state index is -0.241. The van der Waals surface area contributed by atoms with E-state index in [0.29, 0.717) is 5.56 Å². The van der Waals surface area contributed by atoms with Crippen LogP contribution < -0.4 is 0 Å². The molecular weight excluding hydrogens is 165 g/mol. The molecule has 1 aromatic rings. The molecule has 2 heteroatoms. The third kappa shape index (κ3) is 1.86. The summed E-state index contributed by atoms with van der Waals surface area (Å²) in [6.07, 6.45) is 0. The van der Waals surface area contributed by atoms with E-state index in [1.807, 2.05) is 13.0 Å². The molecule has 0 aromatic heterocycles. The van der Waals surface area contributed by atoms with Crippen molar-refractivity contribution in [3.05, 3.63) is 34.6 Å². The maximum atomic E-state index is 13.2. The largest absolute Gasteiger partial charge is 0.207 e. The summed E-state index contributed by atoms with van der Waals surface area (Å²) in [4.78, 5) is 0. The van der Waals surface area contributed by atoms with Crippen LogP contribution in [0.5, 0.6) is 0 Å². The summed E-state index contributed by atoms with van der Waals surface area (Å²) in [5.41, 5.74) is 2.24. The van der Waals surface area contributed by atoms with E-state index in [1.165, 1.54) is 6.07 Å². The summed E-state index contributed by atoms with van der Waals surface area (Å²) < 4.78 is 13.2. The van der Waals surface area contributed by atoms with Gasteiger partial charge in [0.1, 0.15) is 5.82 Å². The molecule has 1 unspecified atom stereocenters. The van der Waals surface area contributed by atoms with Gasteiger partial charge in [-0.2, -0.15) is 5.26 Å². The molecule has 0 fully saturated rings. The zero-order chi connectivity index (χ0) is 10.0. The van der Waals surface area contributed by atoms with Crippen LogP contribution in [0.25, 0.3) is 0 Å². The highest BCUT2D eigenvalue weighted by atomic mass is 19.1. The third-order valence-electron chi connectivity index (χ3n) is 2.19. The van der Waals surface area contributed by atoms with Gasteiger partial charge in [-0.25, -0.2) is 4.39 Å². The number of hydrogen-bond acceptors (Lipinski definition) is 1. The van der Waals surface area contributed by atoms with Crippen molar-refractivity contribution in [3.8, 4) is 6.07 Å². The SMILES string of the molecule is Cc1cc(F)c(C)c(C(C)C#N)c1. The van der Waals surface area contributed by atoms with Gasteiger partial charge in [-0.1, -0.05) is 6.07 Å². The number of hydrogen-bond donors (Lipinski definition) is 0. The van der Waals surface area contributed by atoms with Crippen molar-refractivity contribution in [1.82, 2.24) is 0 Å². The van der Waals surface area contributed by atoms with Gasteiger partial charge < -0.3 is 0 Å². The molecule has 1 atom stereocenters. The molecule has 0 spiro atoms. The van der Waals surface area contributed by atoms with E-state index in [1.54, 1.807) is 13.8 Å². The minimum Gasteiger partial charge on any atom is -0.207 e. The van der Waals surface area contributed by atoms with Gasteiger partial charge in [0, 0.05) is 0 Å². The summed E-state index contributed by atoms with van der Waals surface area (Å²) in [5, 5.41) is 8.72. The first-order valence-electron chi connectivity index (χ1n) is 4.22. The molecule has 0 amide bonds. The van der Waals surface area contributed by atoms with E-state index in [2.05, 4.69) is 6.07 Å². The van der Waals surface area contributed by atoms with Crippen molar-refractivity contribution >= 4 is 0 Å². The fraction of sp³-hybridized carbons (Fsp3) is 0.364. The van der Waals surface area contributed by atoms with Gasteiger partial charge in [0.05, 0.1) is 12.0 Å². The van der Waals surface area contributed by atoms with E-state index < -0.39 is 0 Å². The molecule has 1 rings (SSSR count). The Morgan fingerprint density at radius 3 is 2.54 bits per heavy atom. The molecule has 1 aromatic carbocycles. The van der Waals surface area contributed by atoms with Crippen molar-refractivity contribution in [1.29, 1.82) is 5.26 Å². The first-order valence-corrected chi connectivity index (χ1v) is 4.22. The van der Waals surface area contributed by atoms with Crippen LogP contribution in [0, 0.1) is 31.0 Å². The molecule has 0 radical (unpaired) electrons. The Morgan fingerprint density at radius 1 is 1.38 bits per heavy atom. The smallest absolute Gasteiger partial charge is 0.126 e. The van der Waals surface area contributed by atoms with Crippen LogP contribution in [0.15, 0.2) is 12.1 Å². The molecule has 0 saturated heterocycles. The lowest BCUT2D eigenvalue weighted by atomic mass is 9.95. The Kier molecular flexibility index (Phi) is 2.67. The molecule has 68 valence electrons. The number of rotatable bonds is 1. The average Bonchev–Trinajstić information content (AvgIpc) is 2.10. The van der Waals surface area contributed by atoms with Crippen molar-refractivity contribution in [2.45, 2.75) is 26.7 Å². The molecule has 13 heavy (non-hydrogen) atoms. The predicted molar refractivity (Wildman–Crippen MR) is 49.9 cm³/mol. The second-order valence-corrected chi connectivity index (χ2v) is 3.31. The van der Waals surface area contributed by atoms with Crippen LogP contribution in [0.1, 0.15) is 29.5 Å². The number of nitriles is 1. The molecule has 0 aliphatic heterocycles. The maximum Gasteiger partial charge on any atom is 0.126 e. The molecule has 0 bridgehead atoms. The summed E-state index contributed by atoms with van der Waals surface area (Å²) in [6.45, 7) is 5.31. The van der Waals surface area contributed by atoms with Crippen molar-refractivity contribution in [2.75, 3.05) is 0 Å². The summed E-state index contributed by atoms with van der Waals surface area (Å²) >= 11 is 0. The Morgan fingerprint density at radius 2 is 2.00 bits per heavy atom. The second kappa shape index (κ2) is 3.57. The number of nitrogens with zero attached hydrogens (tertiary/aromatic N) is 1. The number of halogens is 1. The monoisotopic (exact) mass is 177 g/mol. The normalized spacial score (nSPS) is 12.2. The minimum absolute atomic E-state index is 0.225. The lowest BCUT2D eigenvalue weighted by molar-refractivity contribution is 0.613. The van der Waals surface area contributed by atoms with Crippen LogP contribution >= 0.6 is 0 Å². The first kappa shape index (κ1) is 9.73. The third-order valence-corrected chi connectivity index (χ3v) is 2.19. The second-order valence-electron chi connectivity index (χ2n) is 3.31. The van der Waals surface area contributed by atoms with E-state index in [9.17, 15) is 4.39 Å². The molecule has 0 saturated carbocycles. The lowest BCUT2D eigenvalue weighted by Gasteiger charge is -2.09. The molecule has 0 N–H and O–H groups in total. The van der Waals surface area contributed by atoms with Crippen LogP contribution in [0.3, 0.4) is 0 Å². The highest BCUT2D eigenvalue weighted by Gasteiger charge is 2.10. The quantitative estimate of drug-likeness (QED) is 0.646. The molecule has 0 aliphatic rings. The number of benzene rings is 1. The average molecular weight is 177 g/mol. The molecular formula is C11H12FN. The Bertz CT molecular complexity index is 363. The molecule has 0 aliphatic carbocycles. The van der Waals surface area contributed by atoms with Crippen LogP contribution in [-0.2, 0) is 0 Å². The molecule has 1 nitrogen and oxygen atoms in total. The van der Waals surface area contributed by atoms with Gasteiger partial charge in [0.25, 0.3) is 0 Å². The maximum absolute atomic E-state index is 13.2.